The second-order valence-corrected chi connectivity index (χ2v) is 5.62. The fourth-order valence-corrected chi connectivity index (χ4v) is 1.59. The largest absolute Gasteiger partial charge is 0.482 e. The van der Waals surface area contributed by atoms with Crippen molar-refractivity contribution in [1.29, 1.82) is 0 Å². The van der Waals surface area contributed by atoms with E-state index < -0.39 is 24.3 Å². The summed E-state index contributed by atoms with van der Waals surface area (Å²) in [5.41, 5.74) is 0.236. The minimum absolute atomic E-state index is 0.284. The number of ether oxygens (including phenoxy) is 2. The quantitative estimate of drug-likeness (QED) is 0.872. The van der Waals surface area contributed by atoms with Gasteiger partial charge >= 0.3 is 12.1 Å². The summed E-state index contributed by atoms with van der Waals surface area (Å²) in [6.07, 6.45) is -0.508. The zero-order valence-electron chi connectivity index (χ0n) is 12.7. The monoisotopic (exact) mass is 295 g/mol. The van der Waals surface area contributed by atoms with Crippen LogP contribution < -0.4 is 10.1 Å². The first kappa shape index (κ1) is 16.8. The number of aliphatic carboxylic acids is 1. The highest BCUT2D eigenvalue weighted by Gasteiger charge is 2.18. The Morgan fingerprint density at radius 1 is 1.33 bits per heavy atom. The fraction of sp³-hybridized carbons (Fsp3) is 0.467. The molecule has 6 nitrogen and oxygen atoms in total. The van der Waals surface area contributed by atoms with Gasteiger partial charge in [0.05, 0.1) is 6.04 Å². The summed E-state index contributed by atoms with van der Waals surface area (Å²) in [5, 5.41) is 11.3. The molecule has 1 rings (SSSR count). The third-order valence-electron chi connectivity index (χ3n) is 2.45. The van der Waals surface area contributed by atoms with E-state index in [4.69, 9.17) is 14.6 Å². The lowest BCUT2D eigenvalue weighted by Crippen LogP contribution is -2.34. The normalized spacial score (nSPS) is 12.4. The molecule has 0 heterocycles. The second-order valence-electron chi connectivity index (χ2n) is 5.62. The Morgan fingerprint density at radius 3 is 2.57 bits per heavy atom. The average Bonchev–Trinajstić information content (AvgIpc) is 2.34. The van der Waals surface area contributed by atoms with Gasteiger partial charge in [0.2, 0.25) is 0 Å². The van der Waals surface area contributed by atoms with Gasteiger partial charge in [-0.3, -0.25) is 0 Å². The van der Waals surface area contributed by atoms with E-state index in [1.165, 1.54) is 0 Å². The number of carbonyl (C=O) groups is 2. The standard InChI is InChI=1S/C15H21NO5/c1-10(16-14(19)21-15(2,3)4)11-6-5-7-12(8-11)20-9-13(17)18/h5-8,10H,9H2,1-4H3,(H,16,19)(H,17,18)/t10-/m1/s1. The maximum Gasteiger partial charge on any atom is 0.408 e. The molecule has 1 aromatic carbocycles. The summed E-state index contributed by atoms with van der Waals surface area (Å²) in [7, 11) is 0. The number of hydrogen-bond acceptors (Lipinski definition) is 4. The lowest BCUT2D eigenvalue weighted by atomic mass is 10.1. The van der Waals surface area contributed by atoms with Gasteiger partial charge in [0.25, 0.3) is 0 Å². The van der Waals surface area contributed by atoms with E-state index >= 15 is 0 Å². The van der Waals surface area contributed by atoms with Crippen molar-refractivity contribution >= 4 is 12.1 Å². The van der Waals surface area contributed by atoms with Gasteiger partial charge in [-0.2, -0.15) is 0 Å². The summed E-state index contributed by atoms with van der Waals surface area (Å²) in [5.74, 6) is -0.604. The topological polar surface area (TPSA) is 84.9 Å². The van der Waals surface area contributed by atoms with Gasteiger partial charge in [-0.25, -0.2) is 9.59 Å². The number of rotatable bonds is 5. The van der Waals surface area contributed by atoms with Crippen LogP contribution in [0.1, 0.15) is 39.3 Å². The molecule has 0 aliphatic rings. The molecule has 0 unspecified atom stereocenters. The van der Waals surface area contributed by atoms with Gasteiger partial charge in [-0.1, -0.05) is 12.1 Å². The van der Waals surface area contributed by atoms with Gasteiger partial charge in [-0.15, -0.1) is 0 Å². The van der Waals surface area contributed by atoms with Crippen LogP contribution in [0.15, 0.2) is 24.3 Å². The van der Waals surface area contributed by atoms with E-state index in [2.05, 4.69) is 5.32 Å². The minimum atomic E-state index is -1.04. The predicted octanol–water partition coefficient (Wildman–Crippen LogP) is 2.74. The Kier molecular flexibility index (Phi) is 5.58. The van der Waals surface area contributed by atoms with Crippen LogP contribution in [0, 0.1) is 0 Å². The summed E-state index contributed by atoms with van der Waals surface area (Å²) in [6.45, 7) is 6.77. The van der Waals surface area contributed by atoms with Crippen LogP contribution in [0.5, 0.6) is 5.75 Å². The van der Waals surface area contributed by atoms with Crippen molar-refractivity contribution in [3.05, 3.63) is 29.8 Å². The van der Waals surface area contributed by atoms with Crippen LogP contribution in [0.4, 0.5) is 4.79 Å². The molecular weight excluding hydrogens is 274 g/mol. The predicted molar refractivity (Wildman–Crippen MR) is 77.4 cm³/mol. The Balaban J connectivity index is 2.65. The van der Waals surface area contributed by atoms with Crippen LogP contribution in [-0.2, 0) is 9.53 Å². The van der Waals surface area contributed by atoms with E-state index in [1.54, 1.807) is 45.9 Å². The van der Waals surface area contributed by atoms with Crippen molar-refractivity contribution < 1.29 is 24.2 Å². The average molecular weight is 295 g/mol. The molecule has 0 saturated carbocycles. The Labute approximate surface area is 124 Å². The molecule has 21 heavy (non-hydrogen) atoms. The molecule has 0 saturated heterocycles. The first-order valence-electron chi connectivity index (χ1n) is 6.61. The van der Waals surface area contributed by atoms with Gasteiger partial charge < -0.3 is 19.9 Å². The molecule has 2 N–H and O–H groups in total. The van der Waals surface area contributed by atoms with Crippen molar-refractivity contribution in [3.8, 4) is 5.75 Å². The third-order valence-corrected chi connectivity index (χ3v) is 2.45. The first-order valence-corrected chi connectivity index (χ1v) is 6.61. The number of carboxylic acid groups (broad SMARTS) is 1. The molecule has 0 aliphatic carbocycles. The first-order chi connectivity index (χ1) is 9.67. The highest BCUT2D eigenvalue weighted by molar-refractivity contribution is 5.69. The molecular formula is C15H21NO5. The summed E-state index contributed by atoms with van der Waals surface area (Å²) >= 11 is 0. The van der Waals surface area contributed by atoms with Crippen molar-refractivity contribution in [1.82, 2.24) is 5.32 Å². The molecule has 1 aromatic rings. The Bertz CT molecular complexity index is 507. The van der Waals surface area contributed by atoms with E-state index in [9.17, 15) is 9.59 Å². The number of benzene rings is 1. The molecule has 0 bridgehead atoms. The second kappa shape index (κ2) is 6.97. The van der Waals surface area contributed by atoms with Crippen molar-refractivity contribution in [3.63, 3.8) is 0 Å². The van der Waals surface area contributed by atoms with Gasteiger partial charge in [0, 0.05) is 0 Å². The van der Waals surface area contributed by atoms with Gasteiger partial charge in [0.15, 0.2) is 6.61 Å². The molecule has 0 fully saturated rings. The lowest BCUT2D eigenvalue weighted by Gasteiger charge is -2.22. The van der Waals surface area contributed by atoms with Crippen LogP contribution in [-0.4, -0.2) is 29.4 Å². The van der Waals surface area contributed by atoms with E-state index in [-0.39, 0.29) is 6.04 Å². The number of carboxylic acids is 1. The molecule has 0 spiro atoms. The number of carbonyl (C=O) groups excluding carboxylic acids is 1. The highest BCUT2D eigenvalue weighted by atomic mass is 16.6. The summed E-state index contributed by atoms with van der Waals surface area (Å²) in [6, 6.07) is 6.61. The Morgan fingerprint density at radius 2 is 2.00 bits per heavy atom. The van der Waals surface area contributed by atoms with E-state index in [0.29, 0.717) is 5.75 Å². The smallest absolute Gasteiger partial charge is 0.408 e. The molecule has 0 aliphatic heterocycles. The summed E-state index contributed by atoms with van der Waals surface area (Å²) in [4.78, 5) is 22.2. The molecule has 0 radical (unpaired) electrons. The Hall–Kier alpha value is -2.24. The van der Waals surface area contributed by atoms with Crippen LogP contribution >= 0.6 is 0 Å². The summed E-state index contributed by atoms with van der Waals surface area (Å²) < 4.78 is 10.3. The zero-order chi connectivity index (χ0) is 16.0. The van der Waals surface area contributed by atoms with Gasteiger partial charge in [0.1, 0.15) is 11.4 Å². The van der Waals surface area contributed by atoms with Crippen molar-refractivity contribution in [2.75, 3.05) is 6.61 Å². The fourth-order valence-electron chi connectivity index (χ4n) is 1.59. The number of nitrogens with one attached hydrogen (secondary N) is 1. The molecule has 0 aromatic heterocycles. The molecule has 1 atom stereocenters. The third kappa shape index (κ3) is 6.65. The van der Waals surface area contributed by atoms with Crippen LogP contribution in [0.3, 0.4) is 0 Å². The maximum atomic E-state index is 11.7. The lowest BCUT2D eigenvalue weighted by molar-refractivity contribution is -0.139. The highest BCUT2D eigenvalue weighted by Crippen LogP contribution is 2.19. The number of hydrogen-bond donors (Lipinski definition) is 2. The van der Waals surface area contributed by atoms with E-state index in [1.807, 2.05) is 6.07 Å². The minimum Gasteiger partial charge on any atom is -0.482 e. The van der Waals surface area contributed by atoms with E-state index in [0.717, 1.165) is 5.56 Å². The number of amides is 1. The van der Waals surface area contributed by atoms with Crippen molar-refractivity contribution in [2.45, 2.75) is 39.3 Å². The SMILES string of the molecule is C[C@@H](NC(=O)OC(C)(C)C)c1cccc(OCC(=O)O)c1. The van der Waals surface area contributed by atoms with Crippen LogP contribution in [0.2, 0.25) is 0 Å². The van der Waals surface area contributed by atoms with Crippen LogP contribution in [0.25, 0.3) is 0 Å². The maximum absolute atomic E-state index is 11.7. The molecule has 1 amide bonds. The van der Waals surface area contributed by atoms with Crippen molar-refractivity contribution in [2.24, 2.45) is 0 Å². The molecule has 116 valence electrons. The zero-order valence-corrected chi connectivity index (χ0v) is 12.7. The molecule has 6 heteroatoms. The number of alkyl carbamates (subject to hydrolysis) is 1. The van der Waals surface area contributed by atoms with Gasteiger partial charge in [-0.05, 0) is 45.4 Å².